The SMILES string of the molecule is CCCS(=O)(=O)N1CCC(Oc2ccccc2Nc2ncnc3sccc23)C1. The third kappa shape index (κ3) is 3.96. The van der Waals surface area contributed by atoms with Gasteiger partial charge in [-0.05, 0) is 36.4 Å². The van der Waals surface area contributed by atoms with Gasteiger partial charge in [0.2, 0.25) is 10.0 Å². The molecule has 0 spiro atoms. The predicted octanol–water partition coefficient (Wildman–Crippen LogP) is 3.63. The van der Waals surface area contributed by atoms with Crippen molar-refractivity contribution in [3.05, 3.63) is 42.0 Å². The second kappa shape index (κ2) is 8.02. The Morgan fingerprint density at radius 2 is 2.14 bits per heavy atom. The van der Waals surface area contributed by atoms with Crippen molar-refractivity contribution in [1.82, 2.24) is 14.3 Å². The minimum atomic E-state index is -3.19. The Kier molecular flexibility index (Phi) is 5.47. The summed E-state index contributed by atoms with van der Waals surface area (Å²) < 4.78 is 32.3. The van der Waals surface area contributed by atoms with Gasteiger partial charge in [-0.25, -0.2) is 18.4 Å². The van der Waals surface area contributed by atoms with Crippen LogP contribution in [0.3, 0.4) is 0 Å². The summed E-state index contributed by atoms with van der Waals surface area (Å²) in [5, 5.41) is 6.28. The van der Waals surface area contributed by atoms with Crippen molar-refractivity contribution in [2.24, 2.45) is 0 Å². The molecule has 2 aromatic heterocycles. The van der Waals surface area contributed by atoms with Gasteiger partial charge in [0.05, 0.1) is 23.4 Å². The third-order valence-corrected chi connectivity index (χ3v) is 7.52. The second-order valence-electron chi connectivity index (χ2n) is 6.69. The average Bonchev–Trinajstić information content (AvgIpc) is 3.33. The maximum absolute atomic E-state index is 12.3. The Morgan fingerprint density at radius 1 is 1.29 bits per heavy atom. The van der Waals surface area contributed by atoms with E-state index in [1.165, 1.54) is 10.6 Å². The summed E-state index contributed by atoms with van der Waals surface area (Å²) in [6, 6.07) is 9.63. The highest BCUT2D eigenvalue weighted by molar-refractivity contribution is 7.89. The molecule has 0 saturated carbocycles. The molecule has 1 N–H and O–H groups in total. The van der Waals surface area contributed by atoms with Gasteiger partial charge in [0, 0.05) is 6.54 Å². The Balaban J connectivity index is 1.51. The highest BCUT2D eigenvalue weighted by Gasteiger charge is 2.32. The third-order valence-electron chi connectivity index (χ3n) is 4.66. The molecule has 28 heavy (non-hydrogen) atoms. The zero-order chi connectivity index (χ0) is 19.6. The zero-order valence-corrected chi connectivity index (χ0v) is 17.2. The summed E-state index contributed by atoms with van der Waals surface area (Å²) in [6.45, 7) is 2.77. The van der Waals surface area contributed by atoms with Crippen molar-refractivity contribution < 1.29 is 13.2 Å². The monoisotopic (exact) mass is 418 g/mol. The zero-order valence-electron chi connectivity index (χ0n) is 15.5. The van der Waals surface area contributed by atoms with Crippen molar-refractivity contribution in [3.8, 4) is 5.75 Å². The van der Waals surface area contributed by atoms with E-state index >= 15 is 0 Å². The molecule has 3 aromatic rings. The maximum atomic E-state index is 12.3. The van der Waals surface area contributed by atoms with E-state index in [4.69, 9.17) is 4.74 Å². The number of hydrogen-bond donors (Lipinski definition) is 1. The molecule has 1 atom stereocenters. The van der Waals surface area contributed by atoms with E-state index in [2.05, 4.69) is 15.3 Å². The number of nitrogens with one attached hydrogen (secondary N) is 1. The van der Waals surface area contributed by atoms with Gasteiger partial charge in [0.1, 0.15) is 28.8 Å². The molecule has 0 amide bonds. The Morgan fingerprint density at radius 3 is 3.00 bits per heavy atom. The van der Waals surface area contributed by atoms with Gasteiger partial charge >= 0.3 is 0 Å². The van der Waals surface area contributed by atoms with E-state index in [-0.39, 0.29) is 11.9 Å². The van der Waals surface area contributed by atoms with E-state index in [0.29, 0.717) is 31.7 Å². The van der Waals surface area contributed by atoms with Crippen LogP contribution in [0.15, 0.2) is 42.0 Å². The lowest BCUT2D eigenvalue weighted by Crippen LogP contribution is -2.32. The summed E-state index contributed by atoms with van der Waals surface area (Å²) >= 11 is 1.56. The minimum absolute atomic E-state index is 0.166. The molecular formula is C19H22N4O3S2. The van der Waals surface area contributed by atoms with Gasteiger partial charge in [-0.1, -0.05) is 19.1 Å². The van der Waals surface area contributed by atoms with Crippen molar-refractivity contribution in [2.45, 2.75) is 25.9 Å². The topological polar surface area (TPSA) is 84.4 Å². The number of sulfonamides is 1. The van der Waals surface area contributed by atoms with E-state index in [0.717, 1.165) is 21.7 Å². The fourth-order valence-corrected chi connectivity index (χ4v) is 5.59. The predicted molar refractivity (Wildman–Crippen MR) is 112 cm³/mol. The van der Waals surface area contributed by atoms with Crippen LogP contribution in [0, 0.1) is 0 Å². The standard InChI is InChI=1S/C19H22N4O3S2/c1-2-11-28(24,25)23-9-7-14(12-23)26-17-6-4-3-5-16(17)22-18-15-8-10-27-19(15)21-13-20-18/h3-6,8,10,13-14H,2,7,9,11-12H2,1H3,(H,20,21,22). The number of rotatable bonds is 7. The second-order valence-corrected chi connectivity index (χ2v) is 9.67. The van der Waals surface area contributed by atoms with Crippen LogP contribution in [-0.2, 0) is 10.0 Å². The molecule has 0 radical (unpaired) electrons. The Labute approximate surface area is 168 Å². The Bertz CT molecular complexity index is 1070. The van der Waals surface area contributed by atoms with Gasteiger partial charge in [-0.15, -0.1) is 11.3 Å². The first kappa shape index (κ1) is 19.1. The number of nitrogens with zero attached hydrogens (tertiary/aromatic N) is 3. The number of anilines is 2. The van der Waals surface area contributed by atoms with Gasteiger partial charge in [0.25, 0.3) is 0 Å². The quantitative estimate of drug-likeness (QED) is 0.631. The van der Waals surface area contributed by atoms with Crippen molar-refractivity contribution in [3.63, 3.8) is 0 Å². The fourth-order valence-electron chi connectivity index (χ4n) is 3.30. The molecule has 1 aliphatic heterocycles. The lowest BCUT2D eigenvalue weighted by Gasteiger charge is -2.19. The van der Waals surface area contributed by atoms with E-state index in [1.807, 2.05) is 42.6 Å². The lowest BCUT2D eigenvalue weighted by atomic mass is 10.2. The van der Waals surface area contributed by atoms with Gasteiger partial charge in [-0.3, -0.25) is 0 Å². The number of para-hydroxylation sites is 2. The van der Waals surface area contributed by atoms with Crippen LogP contribution in [0.25, 0.3) is 10.2 Å². The Hall–Kier alpha value is -2.23. The summed E-state index contributed by atoms with van der Waals surface area (Å²) in [4.78, 5) is 9.54. The van der Waals surface area contributed by atoms with Crippen LogP contribution in [0.4, 0.5) is 11.5 Å². The summed E-state index contributed by atoms with van der Waals surface area (Å²) in [5.74, 6) is 1.59. The first-order valence-electron chi connectivity index (χ1n) is 9.25. The molecule has 148 valence electrons. The van der Waals surface area contributed by atoms with Crippen LogP contribution in [0.1, 0.15) is 19.8 Å². The van der Waals surface area contributed by atoms with Crippen LogP contribution in [-0.4, -0.2) is 47.6 Å². The molecule has 1 unspecified atom stereocenters. The number of aromatic nitrogens is 2. The van der Waals surface area contributed by atoms with Crippen LogP contribution in [0.5, 0.6) is 5.75 Å². The fraction of sp³-hybridized carbons (Fsp3) is 0.368. The molecule has 1 fully saturated rings. The molecule has 0 aliphatic carbocycles. The van der Waals surface area contributed by atoms with Crippen LogP contribution < -0.4 is 10.1 Å². The highest BCUT2D eigenvalue weighted by Crippen LogP contribution is 2.32. The molecular weight excluding hydrogens is 396 g/mol. The minimum Gasteiger partial charge on any atom is -0.487 e. The average molecular weight is 419 g/mol. The maximum Gasteiger partial charge on any atom is 0.214 e. The lowest BCUT2D eigenvalue weighted by molar-refractivity contribution is 0.216. The normalized spacial score (nSPS) is 17.8. The first-order valence-corrected chi connectivity index (χ1v) is 11.7. The first-order chi connectivity index (χ1) is 13.6. The van der Waals surface area contributed by atoms with Crippen molar-refractivity contribution in [1.29, 1.82) is 0 Å². The molecule has 7 nitrogen and oxygen atoms in total. The molecule has 9 heteroatoms. The largest absolute Gasteiger partial charge is 0.487 e. The molecule has 1 saturated heterocycles. The van der Waals surface area contributed by atoms with Crippen LogP contribution >= 0.6 is 11.3 Å². The highest BCUT2D eigenvalue weighted by atomic mass is 32.2. The number of ether oxygens (including phenoxy) is 1. The smallest absolute Gasteiger partial charge is 0.214 e. The number of benzene rings is 1. The molecule has 1 aromatic carbocycles. The molecule has 1 aliphatic rings. The van der Waals surface area contributed by atoms with Gasteiger partial charge in [-0.2, -0.15) is 4.31 Å². The van der Waals surface area contributed by atoms with E-state index in [1.54, 1.807) is 11.3 Å². The van der Waals surface area contributed by atoms with E-state index < -0.39 is 10.0 Å². The van der Waals surface area contributed by atoms with Crippen molar-refractivity contribution in [2.75, 3.05) is 24.2 Å². The molecule has 0 bridgehead atoms. The van der Waals surface area contributed by atoms with Gasteiger partial charge < -0.3 is 10.1 Å². The van der Waals surface area contributed by atoms with Gasteiger partial charge in [0.15, 0.2) is 0 Å². The van der Waals surface area contributed by atoms with E-state index in [9.17, 15) is 8.42 Å². The number of thiophene rings is 1. The molecule has 4 rings (SSSR count). The van der Waals surface area contributed by atoms with Crippen molar-refractivity contribution >= 4 is 43.1 Å². The molecule has 3 heterocycles. The summed E-state index contributed by atoms with van der Waals surface area (Å²) in [6.07, 6.45) is 2.67. The number of fused-ring (bicyclic) bond motifs is 1. The van der Waals surface area contributed by atoms with Crippen LogP contribution in [0.2, 0.25) is 0 Å². The number of hydrogen-bond acceptors (Lipinski definition) is 7. The summed E-state index contributed by atoms with van der Waals surface area (Å²) in [5.41, 5.74) is 0.795. The summed E-state index contributed by atoms with van der Waals surface area (Å²) in [7, 11) is -3.19.